The largest absolute Gasteiger partial charge is 0.385 e. The van der Waals surface area contributed by atoms with Crippen LogP contribution in [0.3, 0.4) is 0 Å². The number of anilines is 1. The van der Waals surface area contributed by atoms with Gasteiger partial charge in [-0.3, -0.25) is 0 Å². The second-order valence-electron chi connectivity index (χ2n) is 4.90. The molecule has 1 aromatic carbocycles. The molecule has 5 nitrogen and oxygen atoms in total. The van der Waals surface area contributed by atoms with E-state index in [1.807, 2.05) is 6.92 Å². The van der Waals surface area contributed by atoms with Crippen molar-refractivity contribution >= 4 is 15.7 Å². The van der Waals surface area contributed by atoms with Crippen molar-refractivity contribution in [3.63, 3.8) is 0 Å². The second kappa shape index (κ2) is 7.06. The third-order valence-electron chi connectivity index (χ3n) is 3.32. The highest BCUT2D eigenvalue weighted by molar-refractivity contribution is 7.89. The summed E-state index contributed by atoms with van der Waals surface area (Å²) in [6.07, 6.45) is 3.08. The van der Waals surface area contributed by atoms with Gasteiger partial charge < -0.3 is 10.1 Å². The maximum Gasteiger partial charge on any atom is 0.240 e. The van der Waals surface area contributed by atoms with Gasteiger partial charge in [-0.05, 0) is 50.5 Å². The van der Waals surface area contributed by atoms with Crippen LogP contribution in [0.25, 0.3) is 0 Å². The molecule has 0 aliphatic carbocycles. The molecule has 1 atom stereocenters. The Kier molecular flexibility index (Phi) is 5.39. The van der Waals surface area contributed by atoms with E-state index in [2.05, 4.69) is 10.0 Å². The highest BCUT2D eigenvalue weighted by atomic mass is 32.2. The first kappa shape index (κ1) is 15.3. The van der Waals surface area contributed by atoms with E-state index in [0.717, 1.165) is 38.1 Å². The first-order valence-corrected chi connectivity index (χ1v) is 8.55. The van der Waals surface area contributed by atoms with Gasteiger partial charge in [0.15, 0.2) is 0 Å². The molecule has 1 aliphatic heterocycles. The first-order chi connectivity index (χ1) is 9.62. The molecular formula is C14H22N2O3S. The zero-order valence-electron chi connectivity index (χ0n) is 11.8. The van der Waals surface area contributed by atoms with Gasteiger partial charge in [0.1, 0.15) is 0 Å². The van der Waals surface area contributed by atoms with Crippen molar-refractivity contribution < 1.29 is 13.2 Å². The Balaban J connectivity index is 1.94. The Morgan fingerprint density at radius 3 is 2.60 bits per heavy atom. The third-order valence-corrected chi connectivity index (χ3v) is 4.76. The van der Waals surface area contributed by atoms with Gasteiger partial charge in [0.25, 0.3) is 0 Å². The van der Waals surface area contributed by atoms with Gasteiger partial charge in [-0.2, -0.15) is 0 Å². The van der Waals surface area contributed by atoms with Crippen molar-refractivity contribution in [3.05, 3.63) is 24.3 Å². The Bertz CT molecular complexity index is 508. The molecule has 1 aliphatic rings. The summed E-state index contributed by atoms with van der Waals surface area (Å²) in [5, 5.41) is 3.13. The van der Waals surface area contributed by atoms with Gasteiger partial charge in [0.05, 0.1) is 11.0 Å². The van der Waals surface area contributed by atoms with Crippen LogP contribution in [0.2, 0.25) is 0 Å². The van der Waals surface area contributed by atoms with Crippen molar-refractivity contribution in [2.75, 3.05) is 25.0 Å². The van der Waals surface area contributed by atoms with E-state index < -0.39 is 10.0 Å². The van der Waals surface area contributed by atoms with Crippen LogP contribution in [0.4, 0.5) is 5.69 Å². The van der Waals surface area contributed by atoms with Gasteiger partial charge in [-0.15, -0.1) is 0 Å². The van der Waals surface area contributed by atoms with Crippen molar-refractivity contribution in [1.82, 2.24) is 4.72 Å². The monoisotopic (exact) mass is 298 g/mol. The maximum absolute atomic E-state index is 12.2. The van der Waals surface area contributed by atoms with Gasteiger partial charge in [0.2, 0.25) is 10.0 Å². The molecule has 0 aromatic heterocycles. The molecule has 0 amide bonds. The van der Waals surface area contributed by atoms with Crippen molar-refractivity contribution in [1.29, 1.82) is 0 Å². The number of hydrogen-bond acceptors (Lipinski definition) is 4. The molecule has 1 fully saturated rings. The van der Waals surface area contributed by atoms with Crippen LogP contribution < -0.4 is 10.0 Å². The summed E-state index contributed by atoms with van der Waals surface area (Å²) in [6, 6.07) is 6.77. The third kappa shape index (κ3) is 4.19. The second-order valence-corrected chi connectivity index (χ2v) is 6.66. The van der Waals surface area contributed by atoms with E-state index in [-0.39, 0.29) is 11.0 Å². The fourth-order valence-corrected chi connectivity index (χ4v) is 3.28. The Morgan fingerprint density at radius 2 is 2.00 bits per heavy atom. The molecule has 0 bridgehead atoms. The lowest BCUT2D eigenvalue weighted by Gasteiger charge is -2.22. The molecule has 1 unspecified atom stereocenters. The smallest absolute Gasteiger partial charge is 0.240 e. The van der Waals surface area contributed by atoms with Crippen LogP contribution in [-0.4, -0.2) is 34.2 Å². The van der Waals surface area contributed by atoms with Gasteiger partial charge in [-0.1, -0.05) is 0 Å². The number of ether oxygens (including phenoxy) is 1. The molecule has 20 heavy (non-hydrogen) atoms. The van der Waals surface area contributed by atoms with E-state index in [1.54, 1.807) is 24.3 Å². The van der Waals surface area contributed by atoms with E-state index in [4.69, 9.17) is 4.74 Å². The summed E-state index contributed by atoms with van der Waals surface area (Å²) in [7, 11) is -3.45. The van der Waals surface area contributed by atoms with Crippen molar-refractivity contribution in [2.24, 2.45) is 0 Å². The molecule has 112 valence electrons. The number of nitrogens with one attached hydrogen (secondary N) is 2. The average molecular weight is 298 g/mol. The fraction of sp³-hybridized carbons (Fsp3) is 0.571. The van der Waals surface area contributed by atoms with Crippen molar-refractivity contribution in [3.8, 4) is 0 Å². The van der Waals surface area contributed by atoms with Crippen LogP contribution >= 0.6 is 0 Å². The zero-order chi connectivity index (χ0) is 14.4. The summed E-state index contributed by atoms with van der Waals surface area (Å²) in [5.41, 5.74) is 0.919. The lowest BCUT2D eigenvalue weighted by Crippen LogP contribution is -2.35. The van der Waals surface area contributed by atoms with Crippen LogP contribution in [0.15, 0.2) is 29.2 Å². The molecule has 2 rings (SSSR count). The van der Waals surface area contributed by atoms with Gasteiger partial charge in [0, 0.05) is 25.4 Å². The molecule has 2 N–H and O–H groups in total. The predicted octanol–water partition coefficient (Wildman–Crippen LogP) is 1.97. The average Bonchev–Trinajstić information content (AvgIpc) is 2.47. The number of sulfonamides is 1. The zero-order valence-corrected chi connectivity index (χ0v) is 12.6. The van der Waals surface area contributed by atoms with Crippen LogP contribution in [0.1, 0.15) is 26.2 Å². The molecule has 1 heterocycles. The molecule has 1 saturated heterocycles. The summed E-state index contributed by atoms with van der Waals surface area (Å²) in [5.74, 6) is 0. The predicted molar refractivity (Wildman–Crippen MR) is 79.4 cm³/mol. The molecule has 0 saturated carbocycles. The minimum absolute atomic E-state index is 0.000411. The molecular weight excluding hydrogens is 276 g/mol. The summed E-state index contributed by atoms with van der Waals surface area (Å²) < 4.78 is 32.5. The highest BCUT2D eigenvalue weighted by Crippen LogP contribution is 2.15. The van der Waals surface area contributed by atoms with Crippen LogP contribution in [0, 0.1) is 0 Å². The van der Waals surface area contributed by atoms with Gasteiger partial charge in [-0.25, -0.2) is 13.1 Å². The summed E-state index contributed by atoms with van der Waals surface area (Å²) in [6.45, 7) is 3.88. The number of hydrogen-bond donors (Lipinski definition) is 2. The minimum Gasteiger partial charge on any atom is -0.385 e. The van der Waals surface area contributed by atoms with E-state index in [0.29, 0.717) is 6.54 Å². The standard InChI is InChI=1S/C14H22N2O3S/c1-2-15-12-6-8-14(9-7-12)20(17,18)16-11-13-5-3-4-10-19-13/h6-9,13,15-16H,2-5,10-11H2,1H3. The lowest BCUT2D eigenvalue weighted by molar-refractivity contribution is 0.0200. The number of benzene rings is 1. The van der Waals surface area contributed by atoms with E-state index in [1.165, 1.54) is 0 Å². The molecule has 1 aromatic rings. The Morgan fingerprint density at radius 1 is 1.25 bits per heavy atom. The summed E-state index contributed by atoms with van der Waals surface area (Å²) in [4.78, 5) is 0.287. The first-order valence-electron chi connectivity index (χ1n) is 7.07. The lowest BCUT2D eigenvalue weighted by atomic mass is 10.1. The molecule has 0 spiro atoms. The van der Waals surface area contributed by atoms with E-state index in [9.17, 15) is 8.42 Å². The highest BCUT2D eigenvalue weighted by Gasteiger charge is 2.19. The Labute approximate surface area is 120 Å². The topological polar surface area (TPSA) is 67.4 Å². The molecule has 0 radical (unpaired) electrons. The fourth-order valence-electron chi connectivity index (χ4n) is 2.21. The summed E-state index contributed by atoms with van der Waals surface area (Å²) >= 11 is 0. The van der Waals surface area contributed by atoms with Crippen LogP contribution in [-0.2, 0) is 14.8 Å². The SMILES string of the molecule is CCNc1ccc(S(=O)(=O)NCC2CCCCO2)cc1. The number of rotatable bonds is 6. The van der Waals surface area contributed by atoms with Gasteiger partial charge >= 0.3 is 0 Å². The quantitative estimate of drug-likeness (QED) is 0.842. The Hall–Kier alpha value is -1.11. The van der Waals surface area contributed by atoms with E-state index >= 15 is 0 Å². The molecule has 6 heteroatoms. The maximum atomic E-state index is 12.2. The van der Waals surface area contributed by atoms with Crippen LogP contribution in [0.5, 0.6) is 0 Å². The minimum atomic E-state index is -3.45. The normalized spacial score (nSPS) is 19.8. The van der Waals surface area contributed by atoms with Crippen molar-refractivity contribution in [2.45, 2.75) is 37.2 Å².